The number of rotatable bonds is 44. The Morgan fingerprint density at radius 3 is 1.41 bits per heavy atom. The van der Waals surface area contributed by atoms with E-state index in [0.717, 1.165) is 35.9 Å². The van der Waals surface area contributed by atoms with Crippen molar-refractivity contribution in [2.24, 2.45) is 5.11 Å². The molecular formula is C48H87N11O12S2. The van der Waals surface area contributed by atoms with E-state index in [1.54, 1.807) is 54.2 Å². The Kier molecular flexibility index (Phi) is 48.8. The topological polar surface area (TPSA) is 261 Å². The van der Waals surface area contributed by atoms with Gasteiger partial charge in [0.2, 0.25) is 11.8 Å². The molecule has 25 heteroatoms. The van der Waals surface area contributed by atoms with Crippen molar-refractivity contribution in [1.82, 2.24) is 40.6 Å². The molecule has 418 valence electrons. The number of nitrogens with one attached hydrogen (secondary N) is 2. The van der Waals surface area contributed by atoms with Crippen molar-refractivity contribution < 1.29 is 57.0 Å². The van der Waals surface area contributed by atoms with E-state index in [1.165, 1.54) is 0 Å². The lowest BCUT2D eigenvalue weighted by Gasteiger charge is -2.30. The summed E-state index contributed by atoms with van der Waals surface area (Å²) in [5, 5.41) is 25.9. The first-order valence-corrected chi connectivity index (χ1v) is 26.2. The number of amides is 2. The van der Waals surface area contributed by atoms with Crippen molar-refractivity contribution in [3.8, 4) is 24.7 Å². The van der Waals surface area contributed by atoms with Crippen molar-refractivity contribution in [3.05, 3.63) is 34.2 Å². The van der Waals surface area contributed by atoms with Gasteiger partial charge in [-0.1, -0.05) is 48.7 Å². The molecule has 0 aliphatic rings. The fourth-order valence-electron chi connectivity index (χ4n) is 5.51. The van der Waals surface area contributed by atoms with Crippen LogP contribution in [0.3, 0.4) is 0 Å². The summed E-state index contributed by atoms with van der Waals surface area (Å²) in [5.41, 5.74) is 7.86. The van der Waals surface area contributed by atoms with E-state index in [4.69, 9.17) is 65.7 Å². The van der Waals surface area contributed by atoms with Crippen LogP contribution in [0.25, 0.3) is 10.4 Å². The molecule has 73 heavy (non-hydrogen) atoms. The second-order valence-corrected chi connectivity index (χ2v) is 18.5. The number of carbonyl (C=O) groups is 2. The molecule has 0 fully saturated rings. The maximum atomic E-state index is 12.7. The van der Waals surface area contributed by atoms with Gasteiger partial charge in [0.15, 0.2) is 0 Å². The molecule has 0 spiro atoms. The first-order chi connectivity index (χ1) is 35.0. The van der Waals surface area contributed by atoms with Crippen LogP contribution in [-0.2, 0) is 83.3 Å². The van der Waals surface area contributed by atoms with E-state index in [-0.39, 0.29) is 72.1 Å². The van der Waals surface area contributed by atoms with Crippen LogP contribution in [0.5, 0.6) is 0 Å². The summed E-state index contributed by atoms with van der Waals surface area (Å²) >= 11 is 3.55. The molecule has 0 unspecified atom stereocenters. The molecule has 2 rings (SSSR count). The van der Waals surface area contributed by atoms with Gasteiger partial charge in [0, 0.05) is 57.1 Å². The van der Waals surface area contributed by atoms with E-state index >= 15 is 0 Å². The van der Waals surface area contributed by atoms with E-state index in [9.17, 15) is 9.59 Å². The lowest BCUT2D eigenvalue weighted by atomic mass is 10.1. The molecular weight excluding hydrogens is 987 g/mol. The molecule has 0 radical (unpaired) electrons. The summed E-state index contributed by atoms with van der Waals surface area (Å²) in [5.74, 6) is 8.43. The summed E-state index contributed by atoms with van der Waals surface area (Å²) in [7, 11) is 4.88. The molecule has 0 aromatic carbocycles. The molecule has 0 saturated carbocycles. The first kappa shape index (κ1) is 71.0. The maximum absolute atomic E-state index is 12.7. The Morgan fingerprint density at radius 2 is 1.04 bits per heavy atom. The lowest BCUT2D eigenvalue weighted by molar-refractivity contribution is -0.125. The number of aromatic nitrogens is 6. The minimum atomic E-state index is -0.747. The van der Waals surface area contributed by atoms with Crippen molar-refractivity contribution in [2.45, 2.75) is 98.2 Å². The highest BCUT2D eigenvalue weighted by molar-refractivity contribution is 7.99. The van der Waals surface area contributed by atoms with E-state index in [1.807, 2.05) is 26.2 Å². The van der Waals surface area contributed by atoms with Crippen molar-refractivity contribution >= 4 is 35.3 Å². The molecule has 2 N–H and O–H groups in total. The van der Waals surface area contributed by atoms with Crippen LogP contribution in [0.15, 0.2) is 17.5 Å². The van der Waals surface area contributed by atoms with Gasteiger partial charge in [0.1, 0.15) is 24.6 Å². The fourth-order valence-corrected chi connectivity index (χ4v) is 7.15. The van der Waals surface area contributed by atoms with Gasteiger partial charge in [0.25, 0.3) is 0 Å². The minimum Gasteiger partial charge on any atom is -0.382 e. The van der Waals surface area contributed by atoms with Crippen LogP contribution < -0.4 is 10.6 Å². The van der Waals surface area contributed by atoms with Crippen LogP contribution in [0, 0.1) is 24.7 Å². The normalized spacial score (nSPS) is 10.9. The Bertz CT molecular complexity index is 1680. The van der Waals surface area contributed by atoms with Crippen LogP contribution in [-0.4, -0.2) is 203 Å². The summed E-state index contributed by atoms with van der Waals surface area (Å²) in [6, 6.07) is 0. The van der Waals surface area contributed by atoms with Gasteiger partial charge in [-0.25, -0.2) is 9.36 Å². The number of carbonyl (C=O) groups excluding carboxylic acids is 2. The number of methoxy groups -OCH3 is 3. The average molecular weight is 1070 g/mol. The highest BCUT2D eigenvalue weighted by Crippen LogP contribution is 2.13. The monoisotopic (exact) mass is 1070 g/mol. The largest absolute Gasteiger partial charge is 0.382 e. The Morgan fingerprint density at radius 1 is 0.644 bits per heavy atom. The van der Waals surface area contributed by atoms with Crippen LogP contribution in [0.1, 0.15) is 72.2 Å². The van der Waals surface area contributed by atoms with Crippen LogP contribution >= 0.6 is 23.5 Å². The van der Waals surface area contributed by atoms with E-state index < -0.39 is 11.1 Å². The number of hydrogen-bond acceptors (Lipinski definition) is 19. The third kappa shape index (κ3) is 43.0. The zero-order valence-electron chi connectivity index (χ0n) is 43.8. The number of thioether (sulfide) groups is 2. The molecule has 0 saturated heterocycles. The van der Waals surface area contributed by atoms with Gasteiger partial charge in [-0.05, 0) is 43.7 Å². The van der Waals surface area contributed by atoms with Crippen LogP contribution in [0.4, 0.5) is 0 Å². The zero-order chi connectivity index (χ0) is 53.2. The zero-order valence-corrected chi connectivity index (χ0v) is 45.5. The highest BCUT2D eigenvalue weighted by atomic mass is 32.2. The smallest absolute Gasteiger partial charge is 0.221 e. The molecule has 0 aliphatic heterocycles. The average Bonchev–Trinajstić information content (AvgIpc) is 4.02. The van der Waals surface area contributed by atoms with Crippen molar-refractivity contribution in [2.75, 3.05) is 150 Å². The van der Waals surface area contributed by atoms with Crippen molar-refractivity contribution in [3.63, 3.8) is 0 Å². The van der Waals surface area contributed by atoms with E-state index in [0.29, 0.717) is 103 Å². The summed E-state index contributed by atoms with van der Waals surface area (Å²) in [6.45, 7) is 16.3. The standard InChI is InChI=1S/C26H47N7O7S.C16H25NO3S.C5H11N3O2.CH4/c1-5-15-41-16-6-25(34)27-26(2,21-39-19-23-17-32(30-28-23)7-9-37-13-11-35-3)22-40-20-24-18-33(31-29-24)8-10-38-14-12-36-4;1-5-9-19-13-16(4,14-20-10-6-2)17-15(18)8-12-21-11-7-3;1-9-4-5-10-3-2-7-8-6;/h17-18H,5-16,19-22H2,1-4H3,(H,27,34);1-2H,7-14H2,3-4H3,(H,17,18);2-5H2,1H3;1H4. The number of ether oxygens (including phenoxy) is 10. The van der Waals surface area contributed by atoms with Crippen LogP contribution in [0.2, 0.25) is 0 Å². The molecule has 0 aliphatic carbocycles. The fraction of sp³-hybridized carbons (Fsp3) is 0.792. The van der Waals surface area contributed by atoms with Gasteiger partial charge >= 0.3 is 0 Å². The Balaban J connectivity index is 0. The third-order valence-electron chi connectivity index (χ3n) is 8.88. The summed E-state index contributed by atoms with van der Waals surface area (Å²) < 4.78 is 56.6. The second kappa shape index (κ2) is 50.1. The van der Waals surface area contributed by atoms with Gasteiger partial charge in [-0.2, -0.15) is 23.5 Å². The predicted molar refractivity (Wildman–Crippen MR) is 285 cm³/mol. The predicted octanol–water partition coefficient (Wildman–Crippen LogP) is 4.63. The molecule has 0 atom stereocenters. The molecule has 0 bridgehead atoms. The van der Waals surface area contributed by atoms with Crippen molar-refractivity contribution in [1.29, 1.82) is 0 Å². The second-order valence-electron chi connectivity index (χ2n) is 16.0. The molecule has 23 nitrogen and oxygen atoms in total. The van der Waals surface area contributed by atoms with E-state index in [2.05, 4.69) is 67.0 Å². The number of azide groups is 1. The van der Waals surface area contributed by atoms with Gasteiger partial charge in [0.05, 0.1) is 136 Å². The molecule has 2 aromatic heterocycles. The first-order valence-electron chi connectivity index (χ1n) is 23.9. The summed E-state index contributed by atoms with van der Waals surface area (Å²) in [4.78, 5) is 27.2. The van der Waals surface area contributed by atoms with Gasteiger partial charge in [-0.3, -0.25) is 9.59 Å². The number of hydrogen-bond donors (Lipinski definition) is 2. The number of terminal acetylenes is 2. The van der Waals surface area contributed by atoms with Gasteiger partial charge < -0.3 is 58.0 Å². The number of nitrogens with zero attached hydrogens (tertiary/aromatic N) is 9. The summed E-state index contributed by atoms with van der Waals surface area (Å²) in [6.07, 6.45) is 17.1. The molecule has 2 heterocycles. The van der Waals surface area contributed by atoms with Gasteiger partial charge in [-0.15, -0.1) is 23.0 Å². The lowest BCUT2D eigenvalue weighted by Crippen LogP contribution is -2.53. The highest BCUT2D eigenvalue weighted by Gasteiger charge is 2.29. The SMILES string of the molecule is C.C#CCOCC(C)(COCC#C)NC(=O)CCSCCC.CCCSCCC(=O)NC(C)(COCc1cn(CCOCCOC)nn1)COCc1cn(CCOCCOC)nn1.COCCOCCN=[N+]=[N-]. The molecule has 2 aromatic rings. The maximum Gasteiger partial charge on any atom is 0.221 e. The quantitative estimate of drug-likeness (QED) is 0.0301. The Hall–Kier alpha value is -4.05. The third-order valence-corrected chi connectivity index (χ3v) is 11.3. The Labute approximate surface area is 443 Å². The minimum absolute atomic E-state index is 0. The molecule has 2 amide bonds.